The van der Waals surface area contributed by atoms with Crippen molar-refractivity contribution in [2.45, 2.75) is 19.0 Å². The molecule has 0 bridgehead atoms. The van der Waals surface area contributed by atoms with Crippen LogP contribution in [0.4, 0.5) is 5.82 Å². The molecule has 0 aliphatic carbocycles. The molecule has 1 atom stereocenters. The summed E-state index contributed by atoms with van der Waals surface area (Å²) in [5, 5.41) is 3.22. The number of hydrogen-bond acceptors (Lipinski definition) is 5. The van der Waals surface area contributed by atoms with Crippen LogP contribution in [0.1, 0.15) is 12.1 Å². The van der Waals surface area contributed by atoms with Gasteiger partial charge in [-0.3, -0.25) is 4.40 Å². The van der Waals surface area contributed by atoms with Crippen LogP contribution in [0.15, 0.2) is 42.7 Å². The Morgan fingerprint density at radius 2 is 2.12 bits per heavy atom. The van der Waals surface area contributed by atoms with Crippen LogP contribution in [0.3, 0.4) is 0 Å². The van der Waals surface area contributed by atoms with E-state index in [2.05, 4.69) is 51.9 Å². The molecule has 0 aromatic carbocycles. The molecular weight excluding hydrogens is 324 g/mol. The van der Waals surface area contributed by atoms with E-state index in [1.807, 2.05) is 31.4 Å². The first kappa shape index (κ1) is 17.0. The van der Waals surface area contributed by atoms with Gasteiger partial charge in [-0.2, -0.15) is 0 Å². The zero-order valence-electron chi connectivity index (χ0n) is 15.7. The second kappa shape index (κ2) is 7.05. The Balaban J connectivity index is 1.65. The molecule has 3 aromatic rings. The Morgan fingerprint density at radius 3 is 2.81 bits per heavy atom. The van der Waals surface area contributed by atoms with Crippen molar-refractivity contribution in [2.75, 3.05) is 39.1 Å². The fourth-order valence-electron chi connectivity index (χ4n) is 3.73. The van der Waals surface area contributed by atoms with E-state index in [4.69, 9.17) is 9.97 Å². The lowest BCUT2D eigenvalue weighted by molar-refractivity contribution is 0.315. The first-order valence-electron chi connectivity index (χ1n) is 9.15. The van der Waals surface area contributed by atoms with Gasteiger partial charge in [0.2, 0.25) is 0 Å². The maximum atomic E-state index is 4.76. The van der Waals surface area contributed by atoms with E-state index >= 15 is 0 Å². The van der Waals surface area contributed by atoms with Crippen molar-refractivity contribution in [1.29, 1.82) is 0 Å². The van der Waals surface area contributed by atoms with Gasteiger partial charge in [0.25, 0.3) is 0 Å². The van der Waals surface area contributed by atoms with Crippen molar-refractivity contribution in [2.24, 2.45) is 0 Å². The molecule has 0 saturated carbocycles. The molecule has 1 N–H and O–H groups in total. The average molecular weight is 350 g/mol. The highest BCUT2D eigenvalue weighted by atomic mass is 15.3. The minimum absolute atomic E-state index is 0.609. The van der Waals surface area contributed by atoms with Gasteiger partial charge in [0.05, 0.1) is 11.4 Å². The zero-order chi connectivity index (χ0) is 18.1. The number of rotatable bonds is 5. The van der Waals surface area contributed by atoms with E-state index in [1.165, 1.54) is 6.42 Å². The normalized spacial score (nSPS) is 17.5. The standard InChI is InChI=1S/C20H26N6/c1-21-13-17-20(26-10-5-4-6-19(26)23-17)15-7-8-18(22-12-15)25-11-9-16(14-25)24(2)3/h4-8,10,12,16,21H,9,11,13-14H2,1-3H3. The van der Waals surface area contributed by atoms with Crippen molar-refractivity contribution in [3.8, 4) is 11.3 Å². The molecule has 1 saturated heterocycles. The Kier molecular flexibility index (Phi) is 4.61. The van der Waals surface area contributed by atoms with Gasteiger partial charge in [-0.1, -0.05) is 6.07 Å². The molecule has 0 radical (unpaired) electrons. The third kappa shape index (κ3) is 3.06. The van der Waals surface area contributed by atoms with Gasteiger partial charge in [0.1, 0.15) is 11.5 Å². The number of hydrogen-bond donors (Lipinski definition) is 1. The Morgan fingerprint density at radius 1 is 1.23 bits per heavy atom. The lowest BCUT2D eigenvalue weighted by Crippen LogP contribution is -2.31. The van der Waals surface area contributed by atoms with Crippen LogP contribution in [0.5, 0.6) is 0 Å². The predicted molar refractivity (Wildman–Crippen MR) is 105 cm³/mol. The monoisotopic (exact) mass is 350 g/mol. The van der Waals surface area contributed by atoms with Crippen LogP contribution < -0.4 is 10.2 Å². The summed E-state index contributed by atoms with van der Waals surface area (Å²) in [6, 6.07) is 11.0. The van der Waals surface area contributed by atoms with Gasteiger partial charge in [-0.25, -0.2) is 9.97 Å². The summed E-state index contributed by atoms with van der Waals surface area (Å²) < 4.78 is 2.14. The molecule has 1 aliphatic heterocycles. The van der Waals surface area contributed by atoms with Crippen molar-refractivity contribution in [3.05, 3.63) is 48.4 Å². The molecule has 0 amide bonds. The summed E-state index contributed by atoms with van der Waals surface area (Å²) in [4.78, 5) is 14.2. The largest absolute Gasteiger partial charge is 0.355 e. The number of imidazole rings is 1. The lowest BCUT2D eigenvalue weighted by Gasteiger charge is -2.21. The number of pyridine rings is 2. The number of fused-ring (bicyclic) bond motifs is 1. The topological polar surface area (TPSA) is 48.7 Å². The van der Waals surface area contributed by atoms with Gasteiger partial charge in [0.15, 0.2) is 0 Å². The molecular formula is C20H26N6. The van der Waals surface area contributed by atoms with Crippen LogP contribution >= 0.6 is 0 Å². The zero-order valence-corrected chi connectivity index (χ0v) is 15.7. The summed E-state index contributed by atoms with van der Waals surface area (Å²) >= 11 is 0. The Hall–Kier alpha value is -2.44. The number of nitrogens with one attached hydrogen (secondary N) is 1. The molecule has 6 nitrogen and oxygen atoms in total. The molecule has 4 rings (SSSR count). The Labute approximate surface area is 154 Å². The molecule has 4 heterocycles. The second-order valence-corrected chi connectivity index (χ2v) is 7.12. The van der Waals surface area contributed by atoms with Gasteiger partial charge >= 0.3 is 0 Å². The first-order valence-corrected chi connectivity index (χ1v) is 9.15. The average Bonchev–Trinajstić information content (AvgIpc) is 3.27. The molecule has 0 spiro atoms. The van der Waals surface area contributed by atoms with E-state index < -0.39 is 0 Å². The second-order valence-electron chi connectivity index (χ2n) is 7.12. The molecule has 6 heteroatoms. The third-order valence-electron chi connectivity index (χ3n) is 5.19. The van der Waals surface area contributed by atoms with E-state index in [9.17, 15) is 0 Å². The van der Waals surface area contributed by atoms with E-state index in [0.29, 0.717) is 6.04 Å². The molecule has 26 heavy (non-hydrogen) atoms. The molecule has 1 fully saturated rings. The molecule has 1 unspecified atom stereocenters. The quantitative estimate of drug-likeness (QED) is 0.765. The van der Waals surface area contributed by atoms with E-state index in [1.54, 1.807) is 0 Å². The minimum atomic E-state index is 0.609. The third-order valence-corrected chi connectivity index (χ3v) is 5.19. The highest BCUT2D eigenvalue weighted by molar-refractivity contribution is 5.67. The summed E-state index contributed by atoms with van der Waals surface area (Å²) in [5.41, 5.74) is 4.22. The van der Waals surface area contributed by atoms with Gasteiger partial charge in [-0.05, 0) is 51.8 Å². The molecule has 136 valence electrons. The number of anilines is 1. The van der Waals surface area contributed by atoms with Gasteiger partial charge in [0, 0.05) is 43.6 Å². The highest BCUT2D eigenvalue weighted by Crippen LogP contribution is 2.27. The minimum Gasteiger partial charge on any atom is -0.355 e. The van der Waals surface area contributed by atoms with Gasteiger partial charge in [-0.15, -0.1) is 0 Å². The smallest absolute Gasteiger partial charge is 0.137 e. The lowest BCUT2D eigenvalue weighted by atomic mass is 10.1. The summed E-state index contributed by atoms with van der Waals surface area (Å²) in [6.07, 6.45) is 5.23. The fraction of sp³-hybridized carbons (Fsp3) is 0.400. The van der Waals surface area contributed by atoms with Crippen LogP contribution in [0.25, 0.3) is 16.9 Å². The first-order chi connectivity index (χ1) is 12.7. The SMILES string of the molecule is CNCc1nc2ccccn2c1-c1ccc(N2CCC(N(C)C)C2)nc1. The van der Waals surface area contributed by atoms with Crippen LogP contribution in [0, 0.1) is 0 Å². The van der Waals surface area contributed by atoms with Crippen LogP contribution in [-0.2, 0) is 6.54 Å². The van der Waals surface area contributed by atoms with E-state index in [0.717, 1.165) is 48.1 Å². The Bertz CT molecular complexity index is 883. The number of aromatic nitrogens is 3. The molecule has 1 aliphatic rings. The van der Waals surface area contributed by atoms with E-state index in [-0.39, 0.29) is 0 Å². The maximum absolute atomic E-state index is 4.76. The highest BCUT2D eigenvalue weighted by Gasteiger charge is 2.25. The van der Waals surface area contributed by atoms with Crippen LogP contribution in [0.2, 0.25) is 0 Å². The van der Waals surface area contributed by atoms with Crippen molar-refractivity contribution >= 4 is 11.5 Å². The van der Waals surface area contributed by atoms with Crippen molar-refractivity contribution in [1.82, 2.24) is 24.6 Å². The van der Waals surface area contributed by atoms with Crippen LogP contribution in [-0.4, -0.2) is 59.5 Å². The number of likely N-dealkylation sites (N-methyl/N-ethyl adjacent to an activating group) is 1. The number of nitrogens with zero attached hydrogens (tertiary/aromatic N) is 5. The fourth-order valence-corrected chi connectivity index (χ4v) is 3.73. The predicted octanol–water partition coefficient (Wildman–Crippen LogP) is 2.26. The van der Waals surface area contributed by atoms with Crippen molar-refractivity contribution in [3.63, 3.8) is 0 Å². The maximum Gasteiger partial charge on any atom is 0.137 e. The van der Waals surface area contributed by atoms with Crippen molar-refractivity contribution < 1.29 is 0 Å². The summed E-state index contributed by atoms with van der Waals surface area (Å²) in [5.74, 6) is 1.06. The molecule has 3 aromatic heterocycles. The summed E-state index contributed by atoms with van der Waals surface area (Å²) in [6.45, 7) is 2.84. The summed E-state index contributed by atoms with van der Waals surface area (Å²) in [7, 11) is 6.25. The van der Waals surface area contributed by atoms with Gasteiger partial charge < -0.3 is 15.1 Å².